The lowest BCUT2D eigenvalue weighted by Gasteiger charge is -2.14. The van der Waals surface area contributed by atoms with E-state index >= 15 is 0 Å². The molecule has 0 amide bonds. The molecule has 0 bridgehead atoms. The predicted molar refractivity (Wildman–Crippen MR) is 79.5 cm³/mol. The van der Waals surface area contributed by atoms with E-state index in [1.807, 2.05) is 0 Å². The van der Waals surface area contributed by atoms with Gasteiger partial charge in [0.2, 0.25) is 5.88 Å². The van der Waals surface area contributed by atoms with E-state index in [9.17, 15) is 0 Å². The summed E-state index contributed by atoms with van der Waals surface area (Å²) in [5.41, 5.74) is 6.48. The first-order valence-corrected chi connectivity index (χ1v) is 6.88. The van der Waals surface area contributed by atoms with Crippen LogP contribution in [0.5, 0.6) is 5.88 Å². The van der Waals surface area contributed by atoms with E-state index in [-0.39, 0.29) is 0 Å². The van der Waals surface area contributed by atoms with Crippen LogP contribution in [0, 0.1) is 11.8 Å². The highest BCUT2D eigenvalue weighted by Crippen LogP contribution is 2.26. The lowest BCUT2D eigenvalue weighted by molar-refractivity contribution is 0.396. The van der Waals surface area contributed by atoms with Crippen LogP contribution >= 0.6 is 0 Å². The van der Waals surface area contributed by atoms with Crippen LogP contribution in [0.4, 0.5) is 11.5 Å². The van der Waals surface area contributed by atoms with Crippen LogP contribution in [0.25, 0.3) is 0 Å². The smallest absolute Gasteiger partial charge is 0.242 e. The number of nitrogens with zero attached hydrogens (tertiary/aromatic N) is 2. The van der Waals surface area contributed by atoms with Crippen molar-refractivity contribution in [3.8, 4) is 5.88 Å². The molecule has 108 valence electrons. The molecule has 3 N–H and O–H groups in total. The first kappa shape index (κ1) is 15.5. The molecule has 0 saturated heterocycles. The molecule has 1 rings (SSSR count). The minimum atomic E-state index is 0.456. The van der Waals surface area contributed by atoms with Crippen LogP contribution in [-0.2, 0) is 6.42 Å². The van der Waals surface area contributed by atoms with Crippen LogP contribution < -0.4 is 15.8 Å². The Morgan fingerprint density at radius 3 is 2.37 bits per heavy atom. The highest BCUT2D eigenvalue weighted by Gasteiger charge is 2.13. The van der Waals surface area contributed by atoms with Gasteiger partial charge >= 0.3 is 0 Å². The summed E-state index contributed by atoms with van der Waals surface area (Å²) >= 11 is 0. The largest absolute Gasteiger partial charge is 0.479 e. The maximum Gasteiger partial charge on any atom is 0.242 e. The molecule has 1 aromatic heterocycles. The molecule has 0 aliphatic carbocycles. The van der Waals surface area contributed by atoms with Crippen molar-refractivity contribution < 1.29 is 4.74 Å². The van der Waals surface area contributed by atoms with Gasteiger partial charge in [0.15, 0.2) is 5.82 Å². The van der Waals surface area contributed by atoms with Crippen molar-refractivity contribution in [3.63, 3.8) is 0 Å². The second kappa shape index (κ2) is 7.16. The molecule has 1 aromatic rings. The van der Waals surface area contributed by atoms with E-state index in [0.717, 1.165) is 25.2 Å². The normalized spacial score (nSPS) is 11.1. The molecule has 0 unspecified atom stereocenters. The van der Waals surface area contributed by atoms with Crippen molar-refractivity contribution in [2.24, 2.45) is 11.8 Å². The summed E-state index contributed by atoms with van der Waals surface area (Å²) in [6.45, 7) is 9.50. The third-order valence-corrected chi connectivity index (χ3v) is 2.76. The molecule has 0 aromatic carbocycles. The number of ether oxygens (including phenoxy) is 1. The molecule has 0 spiro atoms. The van der Waals surface area contributed by atoms with E-state index in [2.05, 4.69) is 43.0 Å². The van der Waals surface area contributed by atoms with Gasteiger partial charge < -0.3 is 15.8 Å². The third-order valence-electron chi connectivity index (χ3n) is 2.76. The number of hydrogen-bond donors (Lipinski definition) is 2. The molecule has 5 nitrogen and oxygen atoms in total. The van der Waals surface area contributed by atoms with E-state index < -0.39 is 0 Å². The Bertz CT molecular complexity index is 405. The molecule has 0 aliphatic heterocycles. The highest BCUT2D eigenvalue weighted by atomic mass is 16.5. The fourth-order valence-corrected chi connectivity index (χ4v) is 1.72. The molecular formula is C14H26N4O. The number of methoxy groups -OCH3 is 1. The molecule has 1 heterocycles. The van der Waals surface area contributed by atoms with Gasteiger partial charge in [0.25, 0.3) is 0 Å². The van der Waals surface area contributed by atoms with Gasteiger partial charge in [-0.15, -0.1) is 0 Å². The zero-order valence-electron chi connectivity index (χ0n) is 12.7. The predicted octanol–water partition coefficient (Wildman–Crippen LogP) is 2.72. The molecule has 0 atom stereocenters. The summed E-state index contributed by atoms with van der Waals surface area (Å²) in [5.74, 6) is 3.05. The average molecular weight is 266 g/mol. The second-order valence-corrected chi connectivity index (χ2v) is 5.62. The Labute approximate surface area is 116 Å². The summed E-state index contributed by atoms with van der Waals surface area (Å²) in [6, 6.07) is 0. The average Bonchev–Trinajstić information content (AvgIpc) is 2.31. The molecule has 0 radical (unpaired) electrons. The minimum Gasteiger partial charge on any atom is -0.479 e. The fraction of sp³-hybridized carbons (Fsp3) is 0.714. The van der Waals surface area contributed by atoms with Crippen molar-refractivity contribution in [1.82, 2.24) is 9.97 Å². The molecule has 0 fully saturated rings. The number of hydrogen-bond acceptors (Lipinski definition) is 5. The van der Waals surface area contributed by atoms with Crippen molar-refractivity contribution in [2.45, 2.75) is 40.5 Å². The van der Waals surface area contributed by atoms with Gasteiger partial charge in [-0.05, 0) is 18.3 Å². The quantitative estimate of drug-likeness (QED) is 0.794. The summed E-state index contributed by atoms with van der Waals surface area (Å²) in [7, 11) is 1.58. The van der Waals surface area contributed by atoms with E-state index in [4.69, 9.17) is 10.5 Å². The molecule has 0 aliphatic rings. The number of nitrogens with two attached hydrogens (primary N) is 1. The summed E-state index contributed by atoms with van der Waals surface area (Å²) in [5, 5.41) is 3.28. The second-order valence-electron chi connectivity index (χ2n) is 5.62. The topological polar surface area (TPSA) is 73.1 Å². The highest BCUT2D eigenvalue weighted by molar-refractivity contribution is 5.66. The molecule has 19 heavy (non-hydrogen) atoms. The van der Waals surface area contributed by atoms with Gasteiger partial charge in [0.05, 0.1) is 7.11 Å². The van der Waals surface area contributed by atoms with Gasteiger partial charge in [-0.2, -0.15) is 4.98 Å². The molecule has 5 heteroatoms. The van der Waals surface area contributed by atoms with Crippen molar-refractivity contribution in [3.05, 3.63) is 5.82 Å². The fourth-order valence-electron chi connectivity index (χ4n) is 1.72. The van der Waals surface area contributed by atoms with E-state index in [0.29, 0.717) is 29.2 Å². The van der Waals surface area contributed by atoms with Crippen LogP contribution in [0.3, 0.4) is 0 Å². The van der Waals surface area contributed by atoms with Gasteiger partial charge in [-0.25, -0.2) is 4.98 Å². The first-order chi connectivity index (χ1) is 8.93. The van der Waals surface area contributed by atoms with Crippen LogP contribution in [0.15, 0.2) is 0 Å². The summed E-state index contributed by atoms with van der Waals surface area (Å²) < 4.78 is 5.22. The van der Waals surface area contributed by atoms with Crippen LogP contribution in [-0.4, -0.2) is 23.6 Å². The summed E-state index contributed by atoms with van der Waals surface area (Å²) in [6.07, 6.45) is 1.89. The van der Waals surface area contributed by atoms with Crippen LogP contribution in [0.2, 0.25) is 0 Å². The van der Waals surface area contributed by atoms with Crippen molar-refractivity contribution >= 4 is 11.5 Å². The third kappa shape index (κ3) is 4.93. The number of aromatic nitrogens is 2. The van der Waals surface area contributed by atoms with E-state index in [1.165, 1.54) is 0 Å². The lowest BCUT2D eigenvalue weighted by atomic mass is 10.1. The maximum absolute atomic E-state index is 6.00. The monoisotopic (exact) mass is 266 g/mol. The minimum absolute atomic E-state index is 0.456. The number of anilines is 2. The first-order valence-electron chi connectivity index (χ1n) is 6.88. The SMILES string of the molecule is COc1nc(CC(C)C)nc(NCCC(C)C)c1N. The van der Waals surface area contributed by atoms with Crippen molar-refractivity contribution in [2.75, 3.05) is 24.7 Å². The zero-order chi connectivity index (χ0) is 14.4. The van der Waals surface area contributed by atoms with E-state index in [1.54, 1.807) is 7.11 Å². The Morgan fingerprint density at radius 1 is 1.16 bits per heavy atom. The Morgan fingerprint density at radius 2 is 1.84 bits per heavy atom. The zero-order valence-corrected chi connectivity index (χ0v) is 12.7. The van der Waals surface area contributed by atoms with Gasteiger partial charge in [-0.1, -0.05) is 27.7 Å². The number of nitrogens with one attached hydrogen (secondary N) is 1. The molecule has 0 saturated carbocycles. The van der Waals surface area contributed by atoms with Crippen LogP contribution in [0.1, 0.15) is 39.9 Å². The number of nitrogen functional groups attached to an aromatic ring is 1. The Hall–Kier alpha value is -1.52. The van der Waals surface area contributed by atoms with Gasteiger partial charge in [-0.3, -0.25) is 0 Å². The Balaban J connectivity index is 2.87. The summed E-state index contributed by atoms with van der Waals surface area (Å²) in [4.78, 5) is 8.83. The lowest BCUT2D eigenvalue weighted by Crippen LogP contribution is -2.13. The molecular weight excluding hydrogens is 240 g/mol. The standard InChI is InChI=1S/C14H26N4O/c1-9(2)6-7-16-13-12(15)14(19-5)18-11(17-13)8-10(3)4/h9-10H,6-8,15H2,1-5H3,(H,16,17,18). The van der Waals surface area contributed by atoms with Gasteiger partial charge in [0, 0.05) is 13.0 Å². The van der Waals surface area contributed by atoms with Crippen molar-refractivity contribution in [1.29, 1.82) is 0 Å². The maximum atomic E-state index is 6.00. The van der Waals surface area contributed by atoms with Gasteiger partial charge in [0.1, 0.15) is 11.5 Å². The number of rotatable bonds is 7. The Kier molecular flexibility index (Phi) is 5.86.